The van der Waals surface area contributed by atoms with Gasteiger partial charge in [-0.05, 0) is 30.7 Å². The maximum Gasteiger partial charge on any atom is 0.317 e. The lowest BCUT2D eigenvalue weighted by Crippen LogP contribution is -2.38. The summed E-state index contributed by atoms with van der Waals surface area (Å²) in [6.07, 6.45) is 0. The van der Waals surface area contributed by atoms with Crippen molar-refractivity contribution in [2.75, 3.05) is 21.1 Å². The molecule has 0 radical (unpaired) electrons. The van der Waals surface area contributed by atoms with Crippen LogP contribution in [-0.4, -0.2) is 42.9 Å². The highest BCUT2D eigenvalue weighted by molar-refractivity contribution is 5.93. The molecule has 0 aliphatic heterocycles. The fourth-order valence-electron chi connectivity index (χ4n) is 2.52. The molecule has 1 atom stereocenters. The molecule has 138 valence electrons. The molecule has 0 spiro atoms. The Morgan fingerprint density at radius 3 is 2.23 bits per heavy atom. The summed E-state index contributed by atoms with van der Waals surface area (Å²) in [5.41, 5.74) is 1.94. The van der Waals surface area contributed by atoms with Gasteiger partial charge in [0.05, 0.1) is 6.04 Å². The average Bonchev–Trinajstić information content (AvgIpc) is 2.65. The summed E-state index contributed by atoms with van der Waals surface area (Å²) >= 11 is 0. The summed E-state index contributed by atoms with van der Waals surface area (Å²) in [5, 5.41) is 2.81. The first-order chi connectivity index (χ1) is 12.3. The number of rotatable bonds is 5. The molecule has 0 aromatic heterocycles. The molecule has 2 rings (SSSR count). The summed E-state index contributed by atoms with van der Waals surface area (Å²) in [4.78, 5) is 27.2. The molecule has 3 amide bonds. The Bertz CT molecular complexity index is 775. The van der Waals surface area contributed by atoms with Crippen molar-refractivity contribution in [1.29, 1.82) is 0 Å². The van der Waals surface area contributed by atoms with Gasteiger partial charge >= 0.3 is 6.03 Å². The predicted octanol–water partition coefficient (Wildman–Crippen LogP) is 3.43. The van der Waals surface area contributed by atoms with Crippen LogP contribution < -0.4 is 5.32 Å². The number of halogens is 1. The molecule has 0 saturated heterocycles. The Morgan fingerprint density at radius 1 is 1.04 bits per heavy atom. The zero-order valence-electron chi connectivity index (χ0n) is 15.5. The summed E-state index contributed by atoms with van der Waals surface area (Å²) in [7, 11) is 5.03. The van der Waals surface area contributed by atoms with Crippen LogP contribution in [0.1, 0.15) is 34.5 Å². The quantitative estimate of drug-likeness (QED) is 0.891. The molecule has 5 nitrogen and oxygen atoms in total. The Balaban J connectivity index is 1.95. The van der Waals surface area contributed by atoms with Crippen LogP contribution in [0.15, 0.2) is 48.5 Å². The predicted molar refractivity (Wildman–Crippen MR) is 99.3 cm³/mol. The third-order valence-electron chi connectivity index (χ3n) is 4.31. The smallest absolute Gasteiger partial charge is 0.317 e. The lowest BCUT2D eigenvalue weighted by atomic mass is 10.1. The number of carbonyl (C=O) groups is 2. The molecule has 0 aliphatic rings. The van der Waals surface area contributed by atoms with Crippen molar-refractivity contribution in [3.05, 3.63) is 71.0 Å². The first kappa shape index (κ1) is 19.4. The van der Waals surface area contributed by atoms with Crippen molar-refractivity contribution in [1.82, 2.24) is 15.1 Å². The summed E-state index contributed by atoms with van der Waals surface area (Å²) < 4.78 is 13.9. The van der Waals surface area contributed by atoms with E-state index in [1.165, 1.54) is 15.9 Å². The minimum atomic E-state index is -0.392. The molecule has 0 saturated carbocycles. The lowest BCUT2D eigenvalue weighted by molar-refractivity contribution is 0.0827. The molecule has 2 aromatic carbocycles. The maximum absolute atomic E-state index is 13.9. The molecule has 0 aliphatic carbocycles. The molecule has 0 heterocycles. The van der Waals surface area contributed by atoms with Crippen LogP contribution in [0.3, 0.4) is 0 Å². The van der Waals surface area contributed by atoms with Crippen molar-refractivity contribution >= 4 is 11.9 Å². The van der Waals surface area contributed by atoms with E-state index in [1.54, 1.807) is 70.5 Å². The van der Waals surface area contributed by atoms with Gasteiger partial charge in [-0.1, -0.05) is 30.3 Å². The van der Waals surface area contributed by atoms with Crippen molar-refractivity contribution in [3.8, 4) is 0 Å². The van der Waals surface area contributed by atoms with E-state index in [9.17, 15) is 14.0 Å². The maximum atomic E-state index is 13.9. The molecular formula is C20H24FN3O2. The normalized spacial score (nSPS) is 11.6. The summed E-state index contributed by atoms with van der Waals surface area (Å²) in [5.74, 6) is -0.403. The van der Waals surface area contributed by atoms with E-state index in [2.05, 4.69) is 5.32 Å². The van der Waals surface area contributed by atoms with Crippen LogP contribution in [0.25, 0.3) is 0 Å². The molecule has 0 bridgehead atoms. The van der Waals surface area contributed by atoms with Crippen molar-refractivity contribution in [2.24, 2.45) is 0 Å². The third-order valence-corrected chi connectivity index (χ3v) is 4.31. The van der Waals surface area contributed by atoms with Gasteiger partial charge in [0.1, 0.15) is 5.82 Å². The van der Waals surface area contributed by atoms with Gasteiger partial charge < -0.3 is 15.1 Å². The van der Waals surface area contributed by atoms with E-state index >= 15 is 0 Å². The van der Waals surface area contributed by atoms with E-state index in [4.69, 9.17) is 0 Å². The first-order valence-electron chi connectivity index (χ1n) is 8.37. The Kier molecular flexibility index (Phi) is 6.33. The van der Waals surface area contributed by atoms with Gasteiger partial charge in [0.15, 0.2) is 0 Å². The number of nitrogens with one attached hydrogen (secondary N) is 1. The summed E-state index contributed by atoms with van der Waals surface area (Å²) in [6.45, 7) is 2.10. The van der Waals surface area contributed by atoms with Crippen LogP contribution in [0, 0.1) is 5.82 Å². The molecule has 0 fully saturated rings. The minimum absolute atomic E-state index is 0.0703. The number of nitrogens with zero attached hydrogens (tertiary/aromatic N) is 2. The zero-order chi connectivity index (χ0) is 19.3. The molecule has 1 N–H and O–H groups in total. The lowest BCUT2D eigenvalue weighted by Gasteiger charge is -2.26. The van der Waals surface area contributed by atoms with Gasteiger partial charge in [0.2, 0.25) is 0 Å². The van der Waals surface area contributed by atoms with Gasteiger partial charge in [-0.25, -0.2) is 9.18 Å². The van der Waals surface area contributed by atoms with Crippen LogP contribution in [0.2, 0.25) is 0 Å². The van der Waals surface area contributed by atoms with E-state index in [-0.39, 0.29) is 17.8 Å². The van der Waals surface area contributed by atoms with Crippen molar-refractivity contribution < 1.29 is 14.0 Å². The minimum Gasteiger partial charge on any atom is -0.345 e. The fourth-order valence-corrected chi connectivity index (χ4v) is 2.52. The Morgan fingerprint density at radius 2 is 1.65 bits per heavy atom. The Labute approximate surface area is 153 Å². The van der Waals surface area contributed by atoms with Gasteiger partial charge in [-0.3, -0.25) is 4.79 Å². The number of carbonyl (C=O) groups excluding carboxylic acids is 2. The second-order valence-electron chi connectivity index (χ2n) is 6.36. The summed E-state index contributed by atoms with van der Waals surface area (Å²) in [6, 6.07) is 12.8. The standard InChI is InChI=1S/C20H24FN3O2/c1-14(17-7-5-6-8-18(17)21)24(4)20(26)22-13-15-9-11-16(12-10-15)19(25)23(2)3/h5-12,14H,13H2,1-4H3,(H,22,26). The van der Waals surface area contributed by atoms with E-state index in [1.807, 2.05) is 0 Å². The number of amides is 3. The highest BCUT2D eigenvalue weighted by Crippen LogP contribution is 2.21. The SMILES string of the molecule is CC(c1ccccc1F)N(C)C(=O)NCc1ccc(C(=O)N(C)C)cc1. The molecule has 1 unspecified atom stereocenters. The Hall–Kier alpha value is -2.89. The van der Waals surface area contributed by atoms with E-state index in [0.29, 0.717) is 17.7 Å². The second-order valence-corrected chi connectivity index (χ2v) is 6.36. The highest BCUT2D eigenvalue weighted by Gasteiger charge is 2.19. The topological polar surface area (TPSA) is 52.7 Å². The molecular weight excluding hydrogens is 333 g/mol. The third kappa shape index (κ3) is 4.59. The second kappa shape index (κ2) is 8.47. The van der Waals surface area contributed by atoms with Crippen LogP contribution in [0.5, 0.6) is 0 Å². The van der Waals surface area contributed by atoms with Gasteiger partial charge in [0, 0.05) is 38.8 Å². The van der Waals surface area contributed by atoms with Crippen LogP contribution in [-0.2, 0) is 6.54 Å². The van der Waals surface area contributed by atoms with Gasteiger partial charge in [-0.2, -0.15) is 0 Å². The number of hydrogen-bond donors (Lipinski definition) is 1. The van der Waals surface area contributed by atoms with Crippen molar-refractivity contribution in [3.63, 3.8) is 0 Å². The molecule has 6 heteroatoms. The van der Waals surface area contributed by atoms with E-state index < -0.39 is 6.04 Å². The monoisotopic (exact) mass is 357 g/mol. The number of urea groups is 1. The number of hydrogen-bond acceptors (Lipinski definition) is 2. The zero-order valence-corrected chi connectivity index (χ0v) is 15.5. The first-order valence-corrected chi connectivity index (χ1v) is 8.37. The molecule has 2 aromatic rings. The molecule has 26 heavy (non-hydrogen) atoms. The van der Waals surface area contributed by atoms with Crippen LogP contribution in [0.4, 0.5) is 9.18 Å². The largest absolute Gasteiger partial charge is 0.345 e. The highest BCUT2D eigenvalue weighted by atomic mass is 19.1. The average molecular weight is 357 g/mol. The van der Waals surface area contributed by atoms with Crippen LogP contribution >= 0.6 is 0 Å². The fraction of sp³-hybridized carbons (Fsp3) is 0.300. The van der Waals surface area contributed by atoms with Crippen molar-refractivity contribution in [2.45, 2.75) is 19.5 Å². The number of benzene rings is 2. The van der Waals surface area contributed by atoms with Gasteiger partial charge in [-0.15, -0.1) is 0 Å². The van der Waals surface area contributed by atoms with E-state index in [0.717, 1.165) is 5.56 Å². The van der Waals surface area contributed by atoms with Gasteiger partial charge in [0.25, 0.3) is 5.91 Å².